The van der Waals surface area contributed by atoms with Crippen molar-refractivity contribution in [2.24, 2.45) is 0 Å². The maximum Gasteiger partial charge on any atom is 0.260 e. The van der Waals surface area contributed by atoms with E-state index < -0.39 is 6.10 Å². The zero-order chi connectivity index (χ0) is 17.5. The van der Waals surface area contributed by atoms with E-state index in [2.05, 4.69) is 5.32 Å². The summed E-state index contributed by atoms with van der Waals surface area (Å²) in [5.74, 6) is 0.156. The average molecular weight is 330 g/mol. The number of carbonyl (C=O) groups excluding carboxylic acids is 1. The number of likely N-dealkylation sites (N-methyl/N-ethyl adjacent to an activating group) is 1. The summed E-state index contributed by atoms with van der Waals surface area (Å²) >= 11 is 0. The Hall–Kier alpha value is -2.40. The maximum atomic E-state index is 13.4. The maximum absolute atomic E-state index is 13.4. The zero-order valence-electron chi connectivity index (χ0n) is 14.2. The lowest BCUT2D eigenvalue weighted by molar-refractivity contribution is -0.127. The van der Waals surface area contributed by atoms with E-state index in [1.54, 1.807) is 25.1 Å². The largest absolute Gasteiger partial charge is 0.481 e. The number of carbonyl (C=O) groups is 1. The van der Waals surface area contributed by atoms with Gasteiger partial charge in [-0.15, -0.1) is 0 Å². The molecule has 2 rings (SSSR count). The molecule has 128 valence electrons. The van der Waals surface area contributed by atoms with E-state index in [4.69, 9.17) is 4.74 Å². The predicted molar refractivity (Wildman–Crippen MR) is 92.4 cm³/mol. The van der Waals surface area contributed by atoms with Crippen LogP contribution in [0.3, 0.4) is 0 Å². The standard InChI is InChI=1S/C19H23FN2O2/c1-14(24-17-10-5-4-6-11-17)19(23)21-13-18(22(2)3)15-8-7-9-16(20)12-15/h4-12,14,18H,13H2,1-3H3,(H,21,23). The van der Waals surface area contributed by atoms with Crippen molar-refractivity contribution in [2.75, 3.05) is 20.6 Å². The minimum Gasteiger partial charge on any atom is -0.481 e. The number of rotatable bonds is 7. The molecule has 0 spiro atoms. The first-order valence-corrected chi connectivity index (χ1v) is 7.88. The van der Waals surface area contributed by atoms with Crippen molar-refractivity contribution < 1.29 is 13.9 Å². The van der Waals surface area contributed by atoms with Gasteiger partial charge in [-0.3, -0.25) is 4.79 Å². The van der Waals surface area contributed by atoms with Crippen LogP contribution in [0.15, 0.2) is 54.6 Å². The van der Waals surface area contributed by atoms with Crippen molar-refractivity contribution in [2.45, 2.75) is 19.1 Å². The lowest BCUT2D eigenvalue weighted by Gasteiger charge is -2.26. The van der Waals surface area contributed by atoms with Gasteiger partial charge in [-0.05, 0) is 50.8 Å². The molecule has 0 heterocycles. The van der Waals surface area contributed by atoms with E-state index in [1.807, 2.05) is 43.3 Å². The van der Waals surface area contributed by atoms with Crippen LogP contribution in [0.5, 0.6) is 5.75 Å². The molecule has 2 unspecified atom stereocenters. The monoisotopic (exact) mass is 330 g/mol. The van der Waals surface area contributed by atoms with E-state index >= 15 is 0 Å². The number of benzene rings is 2. The molecule has 1 amide bonds. The van der Waals surface area contributed by atoms with Gasteiger partial charge in [0.05, 0.1) is 6.04 Å². The molecule has 0 aliphatic carbocycles. The van der Waals surface area contributed by atoms with Gasteiger partial charge in [0, 0.05) is 6.54 Å². The molecule has 1 N–H and O–H groups in total. The number of hydrogen-bond acceptors (Lipinski definition) is 3. The Morgan fingerprint density at radius 1 is 1.17 bits per heavy atom. The highest BCUT2D eigenvalue weighted by atomic mass is 19.1. The number of ether oxygens (including phenoxy) is 1. The summed E-state index contributed by atoms with van der Waals surface area (Å²) in [6, 6.07) is 15.5. The Morgan fingerprint density at radius 2 is 1.88 bits per heavy atom. The Labute approximate surface area is 142 Å². The topological polar surface area (TPSA) is 41.6 Å². The SMILES string of the molecule is CC(Oc1ccccc1)C(=O)NCC(c1cccc(F)c1)N(C)C. The molecular formula is C19H23FN2O2. The van der Waals surface area contributed by atoms with Gasteiger partial charge in [0.15, 0.2) is 6.10 Å². The third kappa shape index (κ3) is 5.06. The molecular weight excluding hydrogens is 307 g/mol. The Bertz CT molecular complexity index is 661. The van der Waals surface area contributed by atoms with Gasteiger partial charge in [-0.1, -0.05) is 30.3 Å². The number of halogens is 1. The first-order chi connectivity index (χ1) is 11.5. The molecule has 0 radical (unpaired) electrons. The number of para-hydroxylation sites is 1. The first-order valence-electron chi connectivity index (χ1n) is 7.88. The minimum atomic E-state index is -0.609. The molecule has 0 aliphatic heterocycles. The first kappa shape index (κ1) is 17.9. The molecule has 5 heteroatoms. The second kappa shape index (κ2) is 8.45. The quantitative estimate of drug-likeness (QED) is 0.848. The van der Waals surface area contributed by atoms with E-state index in [1.165, 1.54) is 12.1 Å². The summed E-state index contributed by atoms with van der Waals surface area (Å²) < 4.78 is 19.0. The lowest BCUT2D eigenvalue weighted by atomic mass is 10.1. The van der Waals surface area contributed by atoms with Crippen LogP contribution >= 0.6 is 0 Å². The third-order valence-corrected chi connectivity index (χ3v) is 3.75. The fourth-order valence-corrected chi connectivity index (χ4v) is 2.41. The summed E-state index contributed by atoms with van der Waals surface area (Å²) in [5.41, 5.74) is 0.817. The molecule has 0 fully saturated rings. The summed E-state index contributed by atoms with van der Waals surface area (Å²) in [7, 11) is 3.79. The van der Waals surface area contributed by atoms with Gasteiger partial charge >= 0.3 is 0 Å². The van der Waals surface area contributed by atoms with Crippen LogP contribution in [-0.4, -0.2) is 37.6 Å². The van der Waals surface area contributed by atoms with Crippen molar-refractivity contribution in [1.29, 1.82) is 0 Å². The van der Waals surface area contributed by atoms with Crippen LogP contribution in [-0.2, 0) is 4.79 Å². The van der Waals surface area contributed by atoms with E-state index in [0.29, 0.717) is 12.3 Å². The summed E-state index contributed by atoms with van der Waals surface area (Å²) in [6.45, 7) is 2.08. The Kier molecular flexibility index (Phi) is 6.32. The van der Waals surface area contributed by atoms with Crippen molar-refractivity contribution >= 4 is 5.91 Å². The normalized spacial score (nSPS) is 13.4. The van der Waals surface area contributed by atoms with Crippen LogP contribution < -0.4 is 10.1 Å². The van der Waals surface area contributed by atoms with Crippen molar-refractivity contribution in [3.63, 3.8) is 0 Å². The van der Waals surface area contributed by atoms with E-state index in [-0.39, 0.29) is 17.8 Å². The molecule has 2 atom stereocenters. The number of amides is 1. The highest BCUT2D eigenvalue weighted by Crippen LogP contribution is 2.18. The molecule has 0 saturated carbocycles. The Balaban J connectivity index is 1.95. The lowest BCUT2D eigenvalue weighted by Crippen LogP contribution is -2.41. The summed E-state index contributed by atoms with van der Waals surface area (Å²) in [6.07, 6.45) is -0.609. The Morgan fingerprint density at radius 3 is 2.50 bits per heavy atom. The van der Waals surface area contributed by atoms with Gasteiger partial charge in [0.2, 0.25) is 0 Å². The fraction of sp³-hybridized carbons (Fsp3) is 0.316. The second-order valence-corrected chi connectivity index (χ2v) is 5.85. The van der Waals surface area contributed by atoms with Crippen LogP contribution in [0.1, 0.15) is 18.5 Å². The molecule has 0 bridgehead atoms. The van der Waals surface area contributed by atoms with Crippen molar-refractivity contribution in [1.82, 2.24) is 10.2 Å². The zero-order valence-corrected chi connectivity index (χ0v) is 14.2. The second-order valence-electron chi connectivity index (χ2n) is 5.85. The van der Waals surface area contributed by atoms with Gasteiger partial charge in [0.25, 0.3) is 5.91 Å². The van der Waals surface area contributed by atoms with Crippen molar-refractivity contribution in [3.8, 4) is 5.75 Å². The van der Waals surface area contributed by atoms with Crippen LogP contribution in [0.25, 0.3) is 0 Å². The average Bonchev–Trinajstić information content (AvgIpc) is 2.55. The number of nitrogens with one attached hydrogen (secondary N) is 1. The van der Waals surface area contributed by atoms with Gasteiger partial charge in [0.1, 0.15) is 11.6 Å². The van der Waals surface area contributed by atoms with Gasteiger partial charge in [-0.25, -0.2) is 4.39 Å². The molecule has 0 aromatic heterocycles. The van der Waals surface area contributed by atoms with Gasteiger partial charge in [-0.2, -0.15) is 0 Å². The van der Waals surface area contributed by atoms with E-state index in [9.17, 15) is 9.18 Å². The van der Waals surface area contributed by atoms with Crippen LogP contribution in [0.2, 0.25) is 0 Å². The molecule has 24 heavy (non-hydrogen) atoms. The molecule has 2 aromatic carbocycles. The van der Waals surface area contributed by atoms with E-state index in [0.717, 1.165) is 5.56 Å². The third-order valence-electron chi connectivity index (χ3n) is 3.75. The highest BCUT2D eigenvalue weighted by Gasteiger charge is 2.19. The van der Waals surface area contributed by atoms with Crippen LogP contribution in [0, 0.1) is 5.82 Å². The molecule has 4 nitrogen and oxygen atoms in total. The smallest absolute Gasteiger partial charge is 0.260 e. The number of hydrogen-bond donors (Lipinski definition) is 1. The minimum absolute atomic E-state index is 0.117. The van der Waals surface area contributed by atoms with Crippen molar-refractivity contribution in [3.05, 3.63) is 66.0 Å². The molecule has 0 saturated heterocycles. The highest BCUT2D eigenvalue weighted by molar-refractivity contribution is 5.80. The predicted octanol–water partition coefficient (Wildman–Crippen LogP) is 3.01. The number of nitrogens with zero attached hydrogens (tertiary/aromatic N) is 1. The fourth-order valence-electron chi connectivity index (χ4n) is 2.41. The molecule has 0 aliphatic rings. The van der Waals surface area contributed by atoms with Crippen LogP contribution in [0.4, 0.5) is 4.39 Å². The van der Waals surface area contributed by atoms with Gasteiger partial charge < -0.3 is 15.0 Å². The summed E-state index contributed by atoms with van der Waals surface area (Å²) in [4.78, 5) is 14.2. The molecule has 2 aromatic rings. The summed E-state index contributed by atoms with van der Waals surface area (Å²) in [5, 5.41) is 2.87.